The molecule has 0 amide bonds. The zero-order valence-electron chi connectivity index (χ0n) is 8.15. The van der Waals surface area contributed by atoms with E-state index in [1.165, 1.54) is 19.0 Å². The molecule has 11 heavy (non-hydrogen) atoms. The van der Waals surface area contributed by atoms with Gasteiger partial charge in [-0.2, -0.15) is 0 Å². The minimum absolute atomic E-state index is 0.778. The molecular formula is C7H21N3Si. The van der Waals surface area contributed by atoms with Crippen molar-refractivity contribution in [3.8, 4) is 0 Å². The number of hydrogen-bond donors (Lipinski definition) is 2. The van der Waals surface area contributed by atoms with Crippen LogP contribution >= 0.6 is 0 Å². The third-order valence-electron chi connectivity index (χ3n) is 1.80. The SMILES string of the molecule is CN[SiH](CCCN(C)C)NC. The first-order valence-electron chi connectivity index (χ1n) is 4.20. The second kappa shape index (κ2) is 6.79. The van der Waals surface area contributed by atoms with Crippen LogP contribution in [0.25, 0.3) is 0 Å². The van der Waals surface area contributed by atoms with Crippen molar-refractivity contribution in [1.29, 1.82) is 0 Å². The van der Waals surface area contributed by atoms with Gasteiger partial charge in [-0.3, -0.25) is 0 Å². The van der Waals surface area contributed by atoms with Crippen LogP contribution in [0.2, 0.25) is 6.04 Å². The van der Waals surface area contributed by atoms with E-state index < -0.39 is 9.12 Å². The average molecular weight is 175 g/mol. The van der Waals surface area contributed by atoms with Crippen molar-refractivity contribution in [1.82, 2.24) is 14.9 Å². The molecule has 0 aliphatic carbocycles. The molecule has 0 aliphatic rings. The lowest BCUT2D eigenvalue weighted by atomic mass is 10.5. The zero-order chi connectivity index (χ0) is 8.69. The van der Waals surface area contributed by atoms with Gasteiger partial charge in [-0.1, -0.05) is 0 Å². The van der Waals surface area contributed by atoms with Crippen molar-refractivity contribution in [2.45, 2.75) is 12.5 Å². The van der Waals surface area contributed by atoms with Crippen molar-refractivity contribution in [2.75, 3.05) is 34.7 Å². The molecule has 0 rings (SSSR count). The molecule has 3 nitrogen and oxygen atoms in total. The van der Waals surface area contributed by atoms with E-state index in [9.17, 15) is 0 Å². The summed E-state index contributed by atoms with van der Waals surface area (Å²) in [5.74, 6) is 0. The molecule has 0 radical (unpaired) electrons. The van der Waals surface area contributed by atoms with Gasteiger partial charge >= 0.3 is 0 Å². The summed E-state index contributed by atoms with van der Waals surface area (Å²) in [5, 5.41) is 0. The molecule has 0 heterocycles. The highest BCUT2D eigenvalue weighted by Crippen LogP contribution is 1.92. The Morgan fingerprint density at radius 2 is 1.73 bits per heavy atom. The molecule has 0 fully saturated rings. The fourth-order valence-electron chi connectivity index (χ4n) is 1.04. The van der Waals surface area contributed by atoms with Crippen LogP contribution in [-0.2, 0) is 0 Å². The van der Waals surface area contributed by atoms with Gasteiger partial charge in [0.15, 0.2) is 9.12 Å². The van der Waals surface area contributed by atoms with E-state index in [-0.39, 0.29) is 0 Å². The third-order valence-corrected chi connectivity index (χ3v) is 4.17. The molecule has 0 aromatic carbocycles. The van der Waals surface area contributed by atoms with Crippen LogP contribution in [0.15, 0.2) is 0 Å². The first-order valence-corrected chi connectivity index (χ1v) is 6.17. The van der Waals surface area contributed by atoms with Crippen LogP contribution in [0.5, 0.6) is 0 Å². The van der Waals surface area contributed by atoms with Gasteiger partial charge in [0, 0.05) is 0 Å². The molecule has 4 heteroatoms. The largest absolute Gasteiger partial charge is 0.331 e. The van der Waals surface area contributed by atoms with Crippen LogP contribution < -0.4 is 9.96 Å². The van der Waals surface area contributed by atoms with E-state index in [1.54, 1.807) is 0 Å². The predicted octanol–water partition coefficient (Wildman–Crippen LogP) is -0.403. The Morgan fingerprint density at radius 3 is 2.09 bits per heavy atom. The molecular weight excluding hydrogens is 154 g/mol. The maximum atomic E-state index is 3.33. The number of nitrogens with zero attached hydrogens (tertiary/aromatic N) is 1. The molecule has 0 unspecified atom stereocenters. The van der Waals surface area contributed by atoms with Gasteiger partial charge in [-0.05, 0) is 47.2 Å². The van der Waals surface area contributed by atoms with E-state index in [2.05, 4.69) is 29.0 Å². The van der Waals surface area contributed by atoms with Crippen molar-refractivity contribution in [3.63, 3.8) is 0 Å². The van der Waals surface area contributed by atoms with Crippen molar-refractivity contribution in [3.05, 3.63) is 0 Å². The average Bonchev–Trinajstić information content (AvgIpc) is 1.98. The number of nitrogens with one attached hydrogen (secondary N) is 2. The maximum Gasteiger partial charge on any atom is 0.184 e. The van der Waals surface area contributed by atoms with E-state index in [0.29, 0.717) is 0 Å². The van der Waals surface area contributed by atoms with Gasteiger partial charge < -0.3 is 14.9 Å². The predicted molar refractivity (Wildman–Crippen MR) is 53.2 cm³/mol. The summed E-state index contributed by atoms with van der Waals surface area (Å²) in [6.45, 7) is 1.20. The molecule has 0 aliphatic heterocycles. The highest BCUT2D eigenvalue weighted by molar-refractivity contribution is 6.53. The Balaban J connectivity index is 3.21. The Bertz CT molecular complexity index is 83.8. The fourth-order valence-corrected chi connectivity index (χ4v) is 2.50. The van der Waals surface area contributed by atoms with Crippen molar-refractivity contribution in [2.24, 2.45) is 0 Å². The van der Waals surface area contributed by atoms with Gasteiger partial charge in [0.25, 0.3) is 0 Å². The fraction of sp³-hybridized carbons (Fsp3) is 1.00. The molecule has 0 aromatic heterocycles. The van der Waals surface area contributed by atoms with Crippen LogP contribution in [0.3, 0.4) is 0 Å². The number of hydrogen-bond acceptors (Lipinski definition) is 3. The van der Waals surface area contributed by atoms with Crippen molar-refractivity contribution < 1.29 is 0 Å². The lowest BCUT2D eigenvalue weighted by Gasteiger charge is -2.14. The Kier molecular flexibility index (Phi) is 6.85. The number of rotatable bonds is 6. The van der Waals surface area contributed by atoms with Crippen LogP contribution in [0.4, 0.5) is 0 Å². The van der Waals surface area contributed by atoms with Gasteiger partial charge in [-0.25, -0.2) is 0 Å². The third kappa shape index (κ3) is 6.49. The van der Waals surface area contributed by atoms with E-state index in [4.69, 9.17) is 0 Å². The first kappa shape index (κ1) is 11.1. The van der Waals surface area contributed by atoms with Crippen LogP contribution in [-0.4, -0.2) is 48.8 Å². The summed E-state index contributed by atoms with van der Waals surface area (Å²) >= 11 is 0. The summed E-state index contributed by atoms with van der Waals surface area (Å²) in [6, 6.07) is 1.32. The highest BCUT2D eigenvalue weighted by atomic mass is 28.3. The first-order chi connectivity index (χ1) is 5.20. The monoisotopic (exact) mass is 175 g/mol. The van der Waals surface area contributed by atoms with Gasteiger partial charge in [0.1, 0.15) is 0 Å². The molecule has 0 saturated heterocycles. The standard InChI is InChI=1S/C7H21N3Si/c1-8-11(9-2)7-5-6-10(3)4/h8-9,11H,5-7H2,1-4H3. The highest BCUT2D eigenvalue weighted by Gasteiger charge is 2.03. The minimum atomic E-state index is -0.778. The molecule has 0 atom stereocenters. The molecule has 0 aromatic rings. The van der Waals surface area contributed by atoms with Crippen molar-refractivity contribution >= 4 is 9.12 Å². The molecule has 0 spiro atoms. The Labute approximate surface area is 71.9 Å². The van der Waals surface area contributed by atoms with Crippen LogP contribution in [0.1, 0.15) is 6.42 Å². The maximum absolute atomic E-state index is 3.33. The molecule has 68 valence electrons. The lowest BCUT2D eigenvalue weighted by molar-refractivity contribution is 0.407. The van der Waals surface area contributed by atoms with E-state index in [1.807, 2.05) is 14.1 Å². The quantitative estimate of drug-likeness (QED) is 0.538. The van der Waals surface area contributed by atoms with E-state index >= 15 is 0 Å². The smallest absolute Gasteiger partial charge is 0.184 e. The summed E-state index contributed by atoms with van der Waals surface area (Å²) in [5.41, 5.74) is 0. The topological polar surface area (TPSA) is 27.3 Å². The van der Waals surface area contributed by atoms with Gasteiger partial charge in [-0.15, -0.1) is 0 Å². The Morgan fingerprint density at radius 1 is 1.18 bits per heavy atom. The zero-order valence-corrected chi connectivity index (χ0v) is 9.30. The van der Waals surface area contributed by atoms with E-state index in [0.717, 1.165) is 0 Å². The molecule has 0 saturated carbocycles. The minimum Gasteiger partial charge on any atom is -0.331 e. The summed E-state index contributed by atoms with van der Waals surface area (Å²) in [7, 11) is 7.55. The Hall–Kier alpha value is 0.0969. The van der Waals surface area contributed by atoms with Gasteiger partial charge in [0.05, 0.1) is 0 Å². The second-order valence-corrected chi connectivity index (χ2v) is 5.91. The normalized spacial score (nSPS) is 11.5. The van der Waals surface area contributed by atoms with Crippen LogP contribution in [0, 0.1) is 0 Å². The molecule has 2 N–H and O–H groups in total. The van der Waals surface area contributed by atoms with Gasteiger partial charge in [0.2, 0.25) is 0 Å². The second-order valence-electron chi connectivity index (χ2n) is 3.08. The summed E-state index contributed by atoms with van der Waals surface area (Å²) in [6.07, 6.45) is 1.30. The summed E-state index contributed by atoms with van der Waals surface area (Å²) in [4.78, 5) is 8.90. The molecule has 0 bridgehead atoms. The summed E-state index contributed by atoms with van der Waals surface area (Å²) < 4.78 is 0. The lowest BCUT2D eigenvalue weighted by Crippen LogP contribution is -2.43.